The fourth-order valence-electron chi connectivity index (χ4n) is 2.03. The Hall–Kier alpha value is -1.47. The molecule has 7 nitrogen and oxygen atoms in total. The Labute approximate surface area is 139 Å². The quantitative estimate of drug-likeness (QED) is 0.201. The number of Topliss-reactive ketones (excluding diaryl/α,β-unsaturated/α-hetero) is 1. The van der Waals surface area contributed by atoms with Gasteiger partial charge in [-0.15, -0.1) is 0 Å². The third kappa shape index (κ3) is 8.08. The first-order valence-corrected chi connectivity index (χ1v) is 7.97. The van der Waals surface area contributed by atoms with Gasteiger partial charge in [0, 0.05) is 6.42 Å². The van der Waals surface area contributed by atoms with E-state index in [4.69, 9.17) is 10.4 Å². The summed E-state index contributed by atoms with van der Waals surface area (Å²) >= 11 is 0. The highest BCUT2D eigenvalue weighted by Crippen LogP contribution is 2.11. The third-order valence-electron chi connectivity index (χ3n) is 4.10. The maximum Gasteiger partial charge on any atom is 0.130 e. The highest BCUT2D eigenvalue weighted by Gasteiger charge is 2.25. The summed E-state index contributed by atoms with van der Waals surface area (Å²) in [7, 11) is 0. The van der Waals surface area contributed by atoms with Gasteiger partial charge in [-0.05, 0) is 67.5 Å². The van der Waals surface area contributed by atoms with Crippen molar-refractivity contribution in [1.29, 1.82) is 0 Å². The van der Waals surface area contributed by atoms with Gasteiger partial charge in [-0.1, -0.05) is 10.3 Å². The van der Waals surface area contributed by atoms with Gasteiger partial charge in [-0.2, -0.15) is 0 Å². The SMILES string of the molecule is CC(=O)CC/C(=N\O)C(C)(C)NCCCNC(C)(C)/C(C)=N/O. The van der Waals surface area contributed by atoms with Gasteiger partial charge in [0.25, 0.3) is 0 Å². The van der Waals surface area contributed by atoms with Gasteiger partial charge in [0.05, 0.1) is 22.5 Å². The molecule has 0 atom stereocenters. The predicted octanol–water partition coefficient (Wildman–Crippen LogP) is 2.16. The van der Waals surface area contributed by atoms with Gasteiger partial charge in [-0.3, -0.25) is 0 Å². The van der Waals surface area contributed by atoms with Gasteiger partial charge in [0.1, 0.15) is 5.78 Å². The van der Waals surface area contributed by atoms with Crippen LogP contribution in [0, 0.1) is 0 Å². The minimum absolute atomic E-state index is 0.0781. The first kappa shape index (κ1) is 21.5. The van der Waals surface area contributed by atoms with Crippen molar-refractivity contribution in [1.82, 2.24) is 10.6 Å². The Morgan fingerprint density at radius 3 is 1.87 bits per heavy atom. The van der Waals surface area contributed by atoms with E-state index >= 15 is 0 Å². The molecule has 0 aliphatic rings. The van der Waals surface area contributed by atoms with E-state index in [2.05, 4.69) is 20.9 Å². The minimum atomic E-state index is -0.470. The molecule has 0 aromatic rings. The number of rotatable bonds is 11. The predicted molar refractivity (Wildman–Crippen MR) is 92.8 cm³/mol. The molecule has 0 heterocycles. The molecule has 134 valence electrons. The average Bonchev–Trinajstić information content (AvgIpc) is 2.45. The normalized spacial score (nSPS) is 14.2. The maximum atomic E-state index is 11.1. The fraction of sp³-hybridized carbons (Fsp3) is 0.812. The largest absolute Gasteiger partial charge is 0.411 e. The van der Waals surface area contributed by atoms with Crippen molar-refractivity contribution in [3.05, 3.63) is 0 Å². The van der Waals surface area contributed by atoms with Crippen LogP contribution in [-0.4, -0.2) is 51.8 Å². The molecule has 0 aromatic carbocycles. The zero-order chi connectivity index (χ0) is 18.1. The van der Waals surface area contributed by atoms with Crippen LogP contribution in [0.15, 0.2) is 10.3 Å². The smallest absolute Gasteiger partial charge is 0.130 e. The molecule has 0 saturated carbocycles. The molecule has 0 fully saturated rings. The number of nitrogens with zero attached hydrogens (tertiary/aromatic N) is 2. The molecule has 0 aliphatic carbocycles. The second kappa shape index (κ2) is 9.62. The molecule has 4 N–H and O–H groups in total. The van der Waals surface area contributed by atoms with Crippen molar-refractivity contribution in [3.8, 4) is 0 Å². The summed E-state index contributed by atoms with van der Waals surface area (Å²) in [6.45, 7) is 12.6. The molecule has 0 spiro atoms. The Kier molecular flexibility index (Phi) is 9.01. The van der Waals surface area contributed by atoms with Crippen molar-refractivity contribution < 1.29 is 15.2 Å². The van der Waals surface area contributed by atoms with Crippen molar-refractivity contribution in [2.75, 3.05) is 13.1 Å². The average molecular weight is 328 g/mol. The van der Waals surface area contributed by atoms with Crippen LogP contribution in [0.1, 0.15) is 60.8 Å². The molecule has 0 saturated heterocycles. The second-order valence-corrected chi connectivity index (χ2v) is 6.89. The van der Waals surface area contributed by atoms with Crippen LogP contribution in [0.2, 0.25) is 0 Å². The van der Waals surface area contributed by atoms with Crippen LogP contribution in [0.25, 0.3) is 0 Å². The molecule has 0 aromatic heterocycles. The van der Waals surface area contributed by atoms with E-state index < -0.39 is 5.54 Å². The van der Waals surface area contributed by atoms with Crippen LogP contribution >= 0.6 is 0 Å². The number of hydrogen-bond donors (Lipinski definition) is 4. The Balaban J connectivity index is 4.27. The molecule has 0 bridgehead atoms. The molecular formula is C16H32N4O3. The number of oxime groups is 2. The van der Waals surface area contributed by atoms with E-state index in [0.29, 0.717) is 24.3 Å². The van der Waals surface area contributed by atoms with E-state index in [-0.39, 0.29) is 11.3 Å². The van der Waals surface area contributed by atoms with Crippen LogP contribution in [0.3, 0.4) is 0 Å². The molecule has 0 amide bonds. The fourth-order valence-corrected chi connectivity index (χ4v) is 2.03. The van der Waals surface area contributed by atoms with Gasteiger partial charge >= 0.3 is 0 Å². The lowest BCUT2D eigenvalue weighted by Gasteiger charge is -2.28. The third-order valence-corrected chi connectivity index (χ3v) is 4.10. The topological polar surface area (TPSA) is 106 Å². The van der Waals surface area contributed by atoms with E-state index in [1.54, 1.807) is 6.92 Å². The summed E-state index contributed by atoms with van der Waals surface area (Å²) in [6, 6.07) is 0. The molecule has 7 heteroatoms. The summed E-state index contributed by atoms with van der Waals surface area (Å²) in [5.74, 6) is 0.0781. The second-order valence-electron chi connectivity index (χ2n) is 6.89. The monoisotopic (exact) mass is 328 g/mol. The summed E-state index contributed by atoms with van der Waals surface area (Å²) in [4.78, 5) is 11.1. The van der Waals surface area contributed by atoms with Gasteiger partial charge < -0.3 is 25.8 Å². The zero-order valence-electron chi connectivity index (χ0n) is 15.2. The van der Waals surface area contributed by atoms with Gasteiger partial charge in [-0.25, -0.2) is 0 Å². The van der Waals surface area contributed by atoms with Crippen LogP contribution in [0.5, 0.6) is 0 Å². The molecule has 23 heavy (non-hydrogen) atoms. The summed E-state index contributed by atoms with van der Waals surface area (Å²) in [6.07, 6.45) is 1.68. The molecule has 0 rings (SSSR count). The van der Waals surface area contributed by atoms with E-state index in [1.807, 2.05) is 27.7 Å². The minimum Gasteiger partial charge on any atom is -0.411 e. The van der Waals surface area contributed by atoms with Gasteiger partial charge in [0.15, 0.2) is 0 Å². The summed E-state index contributed by atoms with van der Waals surface area (Å²) in [5, 5.41) is 31.2. The standard InChI is InChI=1S/C16H32N4O3/c1-12(21)8-9-14(20-23)16(5,6)18-11-7-10-17-15(3,4)13(2)19-22/h17-18,22-23H,7-11H2,1-6H3/b19-13+,20-14+. The molecular weight excluding hydrogens is 296 g/mol. The molecule has 0 radical (unpaired) electrons. The first-order valence-electron chi connectivity index (χ1n) is 7.97. The summed E-state index contributed by atoms with van der Waals surface area (Å²) in [5.41, 5.74) is 0.375. The Morgan fingerprint density at radius 1 is 0.913 bits per heavy atom. The zero-order valence-corrected chi connectivity index (χ0v) is 15.2. The van der Waals surface area contributed by atoms with E-state index in [1.165, 1.54) is 6.92 Å². The Morgan fingerprint density at radius 2 is 1.43 bits per heavy atom. The van der Waals surface area contributed by atoms with E-state index in [0.717, 1.165) is 19.5 Å². The highest BCUT2D eigenvalue weighted by atomic mass is 16.4. The summed E-state index contributed by atoms with van der Waals surface area (Å²) < 4.78 is 0. The Bertz CT molecular complexity index is 443. The molecule has 0 aliphatic heterocycles. The number of nitrogens with one attached hydrogen (secondary N) is 2. The van der Waals surface area contributed by atoms with Crippen molar-refractivity contribution in [2.45, 2.75) is 71.9 Å². The van der Waals surface area contributed by atoms with Crippen LogP contribution in [-0.2, 0) is 4.79 Å². The van der Waals surface area contributed by atoms with Crippen molar-refractivity contribution in [3.63, 3.8) is 0 Å². The van der Waals surface area contributed by atoms with Crippen LogP contribution < -0.4 is 10.6 Å². The number of carbonyl (C=O) groups is 1. The van der Waals surface area contributed by atoms with Crippen molar-refractivity contribution >= 4 is 17.2 Å². The lowest BCUT2D eigenvalue weighted by Crippen LogP contribution is -2.49. The first-order chi connectivity index (χ1) is 10.6. The molecule has 0 unspecified atom stereocenters. The van der Waals surface area contributed by atoms with Gasteiger partial charge in [0.2, 0.25) is 0 Å². The number of ketones is 1. The lowest BCUT2D eigenvalue weighted by molar-refractivity contribution is -0.116. The van der Waals surface area contributed by atoms with Crippen molar-refractivity contribution in [2.24, 2.45) is 10.3 Å². The number of hydrogen-bond acceptors (Lipinski definition) is 7. The lowest BCUT2D eigenvalue weighted by atomic mass is 9.93. The van der Waals surface area contributed by atoms with Crippen LogP contribution in [0.4, 0.5) is 0 Å². The number of carbonyl (C=O) groups excluding carboxylic acids is 1. The highest BCUT2D eigenvalue weighted by molar-refractivity contribution is 5.94. The maximum absolute atomic E-state index is 11.1. The van der Waals surface area contributed by atoms with E-state index in [9.17, 15) is 4.79 Å².